The van der Waals surface area contributed by atoms with Crippen LogP contribution in [0.25, 0.3) is 0 Å². The van der Waals surface area contributed by atoms with Gasteiger partial charge in [0.2, 0.25) is 5.82 Å². The minimum Gasteiger partial charge on any atom is -0.322 e. The molecule has 0 heterocycles. The van der Waals surface area contributed by atoms with E-state index in [1.165, 1.54) is 6.07 Å². The highest BCUT2D eigenvalue weighted by molar-refractivity contribution is 6.04. The van der Waals surface area contributed by atoms with Gasteiger partial charge in [0.05, 0.1) is 4.92 Å². The number of hydrogen-bond acceptors (Lipinski definition) is 3. The molecule has 6 heteroatoms. The van der Waals surface area contributed by atoms with Gasteiger partial charge in [0.15, 0.2) is 0 Å². The van der Waals surface area contributed by atoms with Crippen LogP contribution in [0.15, 0.2) is 36.4 Å². The van der Waals surface area contributed by atoms with Crippen LogP contribution in [0.5, 0.6) is 0 Å². The second kappa shape index (κ2) is 5.70. The van der Waals surface area contributed by atoms with E-state index in [1.807, 2.05) is 19.9 Å². The Morgan fingerprint density at radius 3 is 2.57 bits per heavy atom. The van der Waals surface area contributed by atoms with Crippen LogP contribution in [-0.2, 0) is 0 Å². The number of anilines is 1. The average molecular weight is 288 g/mol. The molecule has 0 spiro atoms. The molecule has 2 aromatic rings. The summed E-state index contributed by atoms with van der Waals surface area (Å²) < 4.78 is 13.5. The summed E-state index contributed by atoms with van der Waals surface area (Å²) in [7, 11) is 0. The minimum absolute atomic E-state index is 0.0269. The van der Waals surface area contributed by atoms with Crippen LogP contribution in [0.2, 0.25) is 0 Å². The van der Waals surface area contributed by atoms with Crippen molar-refractivity contribution in [2.75, 3.05) is 5.32 Å². The number of hydrogen-bond donors (Lipinski definition) is 1. The predicted octanol–water partition coefficient (Wildman–Crippen LogP) is 3.60. The third-order valence-electron chi connectivity index (χ3n) is 3.26. The van der Waals surface area contributed by atoms with Crippen LogP contribution < -0.4 is 5.32 Å². The van der Waals surface area contributed by atoms with E-state index in [4.69, 9.17) is 0 Å². The van der Waals surface area contributed by atoms with Crippen LogP contribution in [0.4, 0.5) is 15.8 Å². The SMILES string of the molecule is Cc1cccc(NC(=O)c2ccc([N+](=O)[O-])c(F)c2)c1C. The van der Waals surface area contributed by atoms with Gasteiger partial charge in [0.1, 0.15) is 0 Å². The van der Waals surface area contributed by atoms with Crippen molar-refractivity contribution in [3.8, 4) is 0 Å². The number of rotatable bonds is 3. The number of nitrogens with one attached hydrogen (secondary N) is 1. The Morgan fingerprint density at radius 2 is 1.95 bits per heavy atom. The Kier molecular flexibility index (Phi) is 3.98. The molecule has 0 aliphatic carbocycles. The standard InChI is InChI=1S/C15H13FN2O3/c1-9-4-3-5-13(10(9)2)17-15(19)11-6-7-14(18(20)21)12(16)8-11/h3-8H,1-2H3,(H,17,19). The van der Waals surface area contributed by atoms with E-state index in [0.29, 0.717) is 5.69 Å². The van der Waals surface area contributed by atoms with Crippen LogP contribution in [0, 0.1) is 29.8 Å². The number of nitrogens with zero attached hydrogens (tertiary/aromatic N) is 1. The second-order valence-electron chi connectivity index (χ2n) is 4.62. The zero-order chi connectivity index (χ0) is 15.6. The number of nitro benzene ring substituents is 1. The van der Waals surface area contributed by atoms with Gasteiger partial charge in [-0.25, -0.2) is 0 Å². The highest BCUT2D eigenvalue weighted by Crippen LogP contribution is 2.21. The van der Waals surface area contributed by atoms with E-state index in [1.54, 1.807) is 12.1 Å². The topological polar surface area (TPSA) is 72.2 Å². The van der Waals surface area contributed by atoms with Crippen LogP contribution in [0.3, 0.4) is 0 Å². The van der Waals surface area contributed by atoms with Crippen molar-refractivity contribution in [1.82, 2.24) is 0 Å². The number of benzene rings is 2. The number of carbonyl (C=O) groups excluding carboxylic acids is 1. The molecule has 0 atom stereocenters. The summed E-state index contributed by atoms with van der Waals surface area (Å²) >= 11 is 0. The molecule has 0 saturated carbocycles. The van der Waals surface area contributed by atoms with Gasteiger partial charge in [-0.05, 0) is 43.2 Å². The third kappa shape index (κ3) is 3.05. The molecule has 5 nitrogen and oxygen atoms in total. The Morgan fingerprint density at radius 1 is 1.24 bits per heavy atom. The second-order valence-corrected chi connectivity index (χ2v) is 4.62. The van der Waals surface area contributed by atoms with Gasteiger partial charge in [-0.1, -0.05) is 12.1 Å². The summed E-state index contributed by atoms with van der Waals surface area (Å²) in [5.74, 6) is -1.55. The fraction of sp³-hybridized carbons (Fsp3) is 0.133. The average Bonchev–Trinajstić information content (AvgIpc) is 2.43. The minimum atomic E-state index is -1.03. The number of aryl methyl sites for hydroxylation is 1. The van der Waals surface area contributed by atoms with Gasteiger partial charge in [0.25, 0.3) is 5.91 Å². The maximum atomic E-state index is 13.5. The predicted molar refractivity (Wildman–Crippen MR) is 76.9 cm³/mol. The molecule has 1 amide bonds. The number of amides is 1. The van der Waals surface area contributed by atoms with Gasteiger partial charge in [-0.3, -0.25) is 14.9 Å². The summed E-state index contributed by atoms with van der Waals surface area (Å²) in [4.78, 5) is 21.8. The maximum Gasteiger partial charge on any atom is 0.304 e. The highest BCUT2D eigenvalue weighted by Gasteiger charge is 2.17. The molecule has 0 unspecified atom stereocenters. The van der Waals surface area contributed by atoms with Gasteiger partial charge in [-0.2, -0.15) is 4.39 Å². The summed E-state index contributed by atoms with van der Waals surface area (Å²) in [5.41, 5.74) is 1.92. The van der Waals surface area contributed by atoms with Crippen molar-refractivity contribution in [2.45, 2.75) is 13.8 Å². The van der Waals surface area contributed by atoms with Gasteiger partial charge < -0.3 is 5.32 Å². The van der Waals surface area contributed by atoms with Crippen molar-refractivity contribution in [1.29, 1.82) is 0 Å². The zero-order valence-electron chi connectivity index (χ0n) is 11.5. The molecular formula is C15H13FN2O3. The molecule has 0 saturated heterocycles. The summed E-state index contributed by atoms with van der Waals surface area (Å²) in [6.45, 7) is 3.78. The molecular weight excluding hydrogens is 275 g/mol. The van der Waals surface area contributed by atoms with E-state index >= 15 is 0 Å². The lowest BCUT2D eigenvalue weighted by atomic mass is 10.1. The van der Waals surface area contributed by atoms with Crippen molar-refractivity contribution < 1.29 is 14.1 Å². The molecule has 0 radical (unpaired) electrons. The lowest BCUT2D eigenvalue weighted by molar-refractivity contribution is -0.387. The Bertz CT molecular complexity index is 729. The number of halogens is 1. The molecule has 21 heavy (non-hydrogen) atoms. The first-order valence-electron chi connectivity index (χ1n) is 6.21. The molecule has 0 aromatic heterocycles. The van der Waals surface area contributed by atoms with Crippen molar-refractivity contribution in [3.05, 3.63) is 69.0 Å². The quantitative estimate of drug-likeness (QED) is 0.692. The van der Waals surface area contributed by atoms with E-state index in [2.05, 4.69) is 5.32 Å². The molecule has 108 valence electrons. The van der Waals surface area contributed by atoms with Crippen LogP contribution >= 0.6 is 0 Å². The van der Waals surface area contributed by atoms with E-state index in [0.717, 1.165) is 23.3 Å². The van der Waals surface area contributed by atoms with Crippen LogP contribution in [0.1, 0.15) is 21.5 Å². The van der Waals surface area contributed by atoms with Crippen molar-refractivity contribution in [2.24, 2.45) is 0 Å². The van der Waals surface area contributed by atoms with Gasteiger partial charge in [0, 0.05) is 17.3 Å². The first-order valence-corrected chi connectivity index (χ1v) is 6.21. The monoisotopic (exact) mass is 288 g/mol. The smallest absolute Gasteiger partial charge is 0.304 e. The van der Waals surface area contributed by atoms with Crippen molar-refractivity contribution in [3.63, 3.8) is 0 Å². The molecule has 2 aromatic carbocycles. The zero-order valence-corrected chi connectivity index (χ0v) is 11.5. The fourth-order valence-electron chi connectivity index (χ4n) is 1.88. The van der Waals surface area contributed by atoms with Gasteiger partial charge >= 0.3 is 5.69 Å². The molecule has 0 bridgehead atoms. The number of carbonyl (C=O) groups is 1. The highest BCUT2D eigenvalue weighted by atomic mass is 19.1. The Labute approximate surface area is 120 Å². The largest absolute Gasteiger partial charge is 0.322 e. The lowest BCUT2D eigenvalue weighted by Crippen LogP contribution is -2.13. The first kappa shape index (κ1) is 14.6. The normalized spacial score (nSPS) is 10.2. The third-order valence-corrected chi connectivity index (χ3v) is 3.26. The van der Waals surface area contributed by atoms with E-state index < -0.39 is 22.3 Å². The Balaban J connectivity index is 2.27. The Hall–Kier alpha value is -2.76. The molecule has 2 rings (SSSR count). The molecule has 0 fully saturated rings. The lowest BCUT2D eigenvalue weighted by Gasteiger charge is -2.10. The summed E-state index contributed by atoms with van der Waals surface area (Å²) in [6, 6.07) is 8.51. The summed E-state index contributed by atoms with van der Waals surface area (Å²) in [5, 5.41) is 13.2. The van der Waals surface area contributed by atoms with Crippen molar-refractivity contribution >= 4 is 17.3 Å². The van der Waals surface area contributed by atoms with E-state index in [9.17, 15) is 19.3 Å². The molecule has 0 aliphatic heterocycles. The van der Waals surface area contributed by atoms with E-state index in [-0.39, 0.29) is 5.56 Å². The summed E-state index contributed by atoms with van der Waals surface area (Å²) in [6.07, 6.45) is 0. The first-order chi connectivity index (χ1) is 9.90. The molecule has 0 aliphatic rings. The van der Waals surface area contributed by atoms with Crippen LogP contribution in [-0.4, -0.2) is 10.8 Å². The number of nitro groups is 1. The molecule has 1 N–H and O–H groups in total. The van der Waals surface area contributed by atoms with Gasteiger partial charge in [-0.15, -0.1) is 0 Å². The maximum absolute atomic E-state index is 13.5. The fourth-order valence-corrected chi connectivity index (χ4v) is 1.88.